The molecule has 0 amide bonds. The van der Waals surface area contributed by atoms with E-state index < -0.39 is 0 Å². The molecule has 2 aromatic carbocycles. The van der Waals surface area contributed by atoms with E-state index in [1.54, 1.807) is 13.4 Å². The van der Waals surface area contributed by atoms with E-state index in [2.05, 4.69) is 11.4 Å². The smallest absolute Gasteiger partial charge is 0.311 e. The number of esters is 1. The lowest BCUT2D eigenvalue weighted by Crippen LogP contribution is -2.27. The topological polar surface area (TPSA) is 60.7 Å². The molecule has 3 aromatic rings. The third-order valence-electron chi connectivity index (χ3n) is 5.31. The third-order valence-corrected chi connectivity index (χ3v) is 5.31. The zero-order valence-corrected chi connectivity index (χ0v) is 15.5. The molecule has 1 aliphatic heterocycles. The molecule has 3 atom stereocenters. The molecule has 1 aromatic heterocycles. The van der Waals surface area contributed by atoms with Gasteiger partial charge in [0.2, 0.25) is 0 Å². The Balaban J connectivity index is 1.73. The van der Waals surface area contributed by atoms with E-state index in [1.165, 1.54) is 0 Å². The van der Waals surface area contributed by atoms with Crippen LogP contribution in [0.15, 0.2) is 59.2 Å². The SMILES string of the molecule is CCOC(=O)[C@H]1[C@@H](c2cccc3occc23)CN[C@H]1c1ccc(OC)cc1. The first-order valence-electron chi connectivity index (χ1n) is 9.23. The summed E-state index contributed by atoms with van der Waals surface area (Å²) in [6.07, 6.45) is 1.69. The summed E-state index contributed by atoms with van der Waals surface area (Å²) in [4.78, 5) is 12.9. The second-order valence-corrected chi connectivity index (χ2v) is 6.72. The molecule has 1 fully saturated rings. The van der Waals surface area contributed by atoms with Crippen LogP contribution >= 0.6 is 0 Å². The van der Waals surface area contributed by atoms with Gasteiger partial charge in [-0.3, -0.25) is 4.79 Å². The minimum absolute atomic E-state index is 0.0115. The van der Waals surface area contributed by atoms with Gasteiger partial charge in [0, 0.05) is 23.9 Å². The van der Waals surface area contributed by atoms with Gasteiger partial charge in [0.25, 0.3) is 0 Å². The van der Waals surface area contributed by atoms with Crippen LogP contribution in [0.1, 0.15) is 30.0 Å². The van der Waals surface area contributed by atoms with Crippen molar-refractivity contribution in [3.63, 3.8) is 0 Å². The van der Waals surface area contributed by atoms with E-state index in [4.69, 9.17) is 13.9 Å². The molecule has 0 spiro atoms. The van der Waals surface area contributed by atoms with Gasteiger partial charge in [-0.2, -0.15) is 0 Å². The average Bonchev–Trinajstić information content (AvgIpc) is 3.35. The minimum Gasteiger partial charge on any atom is -0.497 e. The van der Waals surface area contributed by atoms with Crippen LogP contribution in [0.3, 0.4) is 0 Å². The molecule has 0 bridgehead atoms. The Hall–Kier alpha value is -2.79. The first-order chi connectivity index (χ1) is 13.2. The van der Waals surface area contributed by atoms with Gasteiger partial charge in [0.05, 0.1) is 25.9 Å². The van der Waals surface area contributed by atoms with Crippen LogP contribution in [0.5, 0.6) is 5.75 Å². The molecule has 0 radical (unpaired) electrons. The molecule has 0 aliphatic carbocycles. The molecule has 5 heteroatoms. The highest BCUT2D eigenvalue weighted by molar-refractivity contribution is 5.84. The number of carbonyl (C=O) groups excluding carboxylic acids is 1. The summed E-state index contributed by atoms with van der Waals surface area (Å²) in [6.45, 7) is 2.91. The summed E-state index contributed by atoms with van der Waals surface area (Å²) in [5, 5.41) is 4.58. The van der Waals surface area contributed by atoms with Crippen molar-refractivity contribution in [2.45, 2.75) is 18.9 Å². The number of ether oxygens (including phenoxy) is 2. The second-order valence-electron chi connectivity index (χ2n) is 6.72. The quantitative estimate of drug-likeness (QED) is 0.691. The third kappa shape index (κ3) is 3.19. The van der Waals surface area contributed by atoms with Crippen LogP contribution in [0, 0.1) is 5.92 Å². The van der Waals surface area contributed by atoms with Gasteiger partial charge in [-0.05, 0) is 42.3 Å². The van der Waals surface area contributed by atoms with Crippen LogP contribution < -0.4 is 10.1 Å². The number of furan rings is 1. The first-order valence-corrected chi connectivity index (χ1v) is 9.23. The van der Waals surface area contributed by atoms with Crippen LogP contribution in [0.4, 0.5) is 0 Å². The van der Waals surface area contributed by atoms with E-state index in [0.717, 1.165) is 27.8 Å². The number of benzene rings is 2. The normalized spacial score (nSPS) is 22.1. The Kier molecular flexibility index (Phi) is 4.86. The summed E-state index contributed by atoms with van der Waals surface area (Å²) in [6, 6.07) is 15.7. The maximum atomic E-state index is 12.9. The largest absolute Gasteiger partial charge is 0.497 e. The predicted molar refractivity (Wildman–Crippen MR) is 103 cm³/mol. The molecular weight excluding hydrogens is 342 g/mol. The van der Waals surface area contributed by atoms with Crippen molar-refractivity contribution in [2.24, 2.45) is 5.92 Å². The standard InChI is InChI=1S/C22H23NO4/c1-3-26-22(24)20-18(16-5-4-6-19-17(16)11-12-27-19)13-23-21(20)14-7-9-15(25-2)10-8-14/h4-12,18,20-21,23H,3,13H2,1-2H3/t18-,20+,21+/m1/s1. The maximum Gasteiger partial charge on any atom is 0.311 e. The van der Waals surface area contributed by atoms with Crippen LogP contribution in [-0.2, 0) is 9.53 Å². The number of fused-ring (bicyclic) bond motifs is 1. The number of hydrogen-bond donors (Lipinski definition) is 1. The van der Waals surface area contributed by atoms with Gasteiger partial charge in [0.1, 0.15) is 11.3 Å². The zero-order valence-electron chi connectivity index (χ0n) is 15.5. The predicted octanol–water partition coefficient (Wildman–Crippen LogP) is 4.05. The molecular formula is C22H23NO4. The number of methoxy groups -OCH3 is 1. The highest BCUT2D eigenvalue weighted by atomic mass is 16.5. The number of carbonyl (C=O) groups is 1. The van der Waals surface area contributed by atoms with E-state index in [0.29, 0.717) is 13.2 Å². The molecule has 0 unspecified atom stereocenters. The molecule has 1 aliphatic rings. The van der Waals surface area contributed by atoms with Crippen molar-refractivity contribution in [1.82, 2.24) is 5.32 Å². The lowest BCUT2D eigenvalue weighted by Gasteiger charge is -2.23. The summed E-state index contributed by atoms with van der Waals surface area (Å²) < 4.78 is 16.2. The highest BCUT2D eigenvalue weighted by Crippen LogP contribution is 2.43. The van der Waals surface area contributed by atoms with E-state index in [-0.39, 0.29) is 23.8 Å². The molecule has 27 heavy (non-hydrogen) atoms. The first kappa shape index (κ1) is 17.6. The summed E-state index contributed by atoms with van der Waals surface area (Å²) in [5.41, 5.74) is 3.00. The molecule has 1 N–H and O–H groups in total. The second kappa shape index (κ2) is 7.45. The maximum absolute atomic E-state index is 12.9. The van der Waals surface area contributed by atoms with Crippen molar-refractivity contribution in [2.75, 3.05) is 20.3 Å². The van der Waals surface area contributed by atoms with Gasteiger partial charge in [0.15, 0.2) is 0 Å². The van der Waals surface area contributed by atoms with Gasteiger partial charge in [-0.1, -0.05) is 24.3 Å². The molecule has 5 nitrogen and oxygen atoms in total. The fraction of sp³-hybridized carbons (Fsp3) is 0.318. The minimum atomic E-state index is -0.307. The van der Waals surface area contributed by atoms with Crippen molar-refractivity contribution >= 4 is 16.9 Å². The Bertz CT molecular complexity index is 931. The summed E-state index contributed by atoms with van der Waals surface area (Å²) in [5.74, 6) is 0.328. The van der Waals surface area contributed by atoms with Crippen LogP contribution in [-0.4, -0.2) is 26.2 Å². The van der Waals surface area contributed by atoms with Crippen molar-refractivity contribution in [3.8, 4) is 5.75 Å². The molecule has 2 heterocycles. The van der Waals surface area contributed by atoms with Crippen molar-refractivity contribution in [3.05, 3.63) is 65.9 Å². The molecule has 0 saturated carbocycles. The number of hydrogen-bond acceptors (Lipinski definition) is 5. The Morgan fingerprint density at radius 2 is 2.00 bits per heavy atom. The lowest BCUT2D eigenvalue weighted by atomic mass is 9.82. The van der Waals surface area contributed by atoms with Crippen molar-refractivity contribution in [1.29, 1.82) is 0 Å². The fourth-order valence-corrected chi connectivity index (χ4v) is 4.06. The number of rotatable bonds is 5. The summed E-state index contributed by atoms with van der Waals surface area (Å²) in [7, 11) is 1.64. The van der Waals surface area contributed by atoms with Crippen LogP contribution in [0.25, 0.3) is 11.0 Å². The summed E-state index contributed by atoms with van der Waals surface area (Å²) >= 11 is 0. The monoisotopic (exact) mass is 365 g/mol. The number of nitrogens with one attached hydrogen (secondary N) is 1. The molecule has 4 rings (SSSR count). The Morgan fingerprint density at radius 1 is 1.19 bits per heavy atom. The lowest BCUT2D eigenvalue weighted by molar-refractivity contribution is -0.148. The van der Waals surface area contributed by atoms with E-state index in [9.17, 15) is 4.79 Å². The van der Waals surface area contributed by atoms with Gasteiger partial charge >= 0.3 is 5.97 Å². The molecule has 1 saturated heterocycles. The van der Waals surface area contributed by atoms with Gasteiger partial charge < -0.3 is 19.2 Å². The van der Waals surface area contributed by atoms with E-state index >= 15 is 0 Å². The van der Waals surface area contributed by atoms with E-state index in [1.807, 2.05) is 49.4 Å². The average molecular weight is 365 g/mol. The highest BCUT2D eigenvalue weighted by Gasteiger charge is 2.43. The zero-order chi connectivity index (χ0) is 18.8. The Morgan fingerprint density at radius 3 is 2.74 bits per heavy atom. The molecule has 140 valence electrons. The fourth-order valence-electron chi connectivity index (χ4n) is 4.06. The van der Waals surface area contributed by atoms with Crippen molar-refractivity contribution < 1.29 is 18.7 Å². The van der Waals surface area contributed by atoms with Gasteiger partial charge in [-0.15, -0.1) is 0 Å². The van der Waals surface area contributed by atoms with Gasteiger partial charge in [-0.25, -0.2) is 0 Å². The Labute approximate surface area is 158 Å². The van der Waals surface area contributed by atoms with Crippen LogP contribution in [0.2, 0.25) is 0 Å².